The monoisotopic (exact) mass is 273 g/mol. The van der Waals surface area contributed by atoms with Crippen molar-refractivity contribution in [2.75, 3.05) is 20.2 Å². The zero-order valence-electron chi connectivity index (χ0n) is 10.4. The Morgan fingerprint density at radius 1 is 1.42 bits per heavy atom. The highest BCUT2D eigenvalue weighted by molar-refractivity contribution is 5.82. The SMILES string of the molecule is COc1cccc(C2CCN(C(=O)C(F)(F)F)C2)c1. The van der Waals surface area contributed by atoms with Gasteiger partial charge in [0.2, 0.25) is 0 Å². The summed E-state index contributed by atoms with van der Waals surface area (Å²) in [6, 6.07) is 7.21. The molecule has 19 heavy (non-hydrogen) atoms. The minimum Gasteiger partial charge on any atom is -0.497 e. The Morgan fingerprint density at radius 2 is 2.16 bits per heavy atom. The van der Waals surface area contributed by atoms with E-state index < -0.39 is 12.1 Å². The quantitative estimate of drug-likeness (QED) is 0.829. The smallest absolute Gasteiger partial charge is 0.471 e. The van der Waals surface area contributed by atoms with Crippen LogP contribution in [0.2, 0.25) is 0 Å². The highest BCUT2D eigenvalue weighted by atomic mass is 19.4. The topological polar surface area (TPSA) is 29.5 Å². The molecular weight excluding hydrogens is 259 g/mol. The van der Waals surface area contributed by atoms with Crippen LogP contribution in [0.15, 0.2) is 24.3 Å². The van der Waals surface area contributed by atoms with Gasteiger partial charge in [-0.3, -0.25) is 4.79 Å². The fraction of sp³-hybridized carbons (Fsp3) is 0.462. The van der Waals surface area contributed by atoms with Crippen LogP contribution in [0.25, 0.3) is 0 Å². The van der Waals surface area contributed by atoms with Gasteiger partial charge in [-0.2, -0.15) is 13.2 Å². The first-order chi connectivity index (χ1) is 8.91. The van der Waals surface area contributed by atoms with Crippen LogP contribution in [0, 0.1) is 0 Å². The van der Waals surface area contributed by atoms with E-state index in [1.54, 1.807) is 18.2 Å². The molecule has 104 valence electrons. The zero-order chi connectivity index (χ0) is 14.0. The second kappa shape index (κ2) is 5.11. The Hall–Kier alpha value is -1.72. The molecule has 0 spiro atoms. The maximum atomic E-state index is 12.3. The number of alkyl halides is 3. The maximum Gasteiger partial charge on any atom is 0.471 e. The minimum atomic E-state index is -4.79. The van der Waals surface area contributed by atoms with E-state index in [0.717, 1.165) is 10.5 Å². The number of amides is 1. The van der Waals surface area contributed by atoms with Crippen molar-refractivity contribution in [1.29, 1.82) is 0 Å². The predicted octanol–water partition coefficient (Wildman–Crippen LogP) is 2.57. The fourth-order valence-electron chi connectivity index (χ4n) is 2.29. The van der Waals surface area contributed by atoms with E-state index in [2.05, 4.69) is 0 Å². The molecule has 1 aromatic rings. The van der Waals surface area contributed by atoms with E-state index in [0.29, 0.717) is 12.2 Å². The minimum absolute atomic E-state index is 0.0681. The maximum absolute atomic E-state index is 12.3. The molecule has 1 aliphatic heterocycles. The van der Waals surface area contributed by atoms with Gasteiger partial charge in [-0.15, -0.1) is 0 Å². The van der Waals surface area contributed by atoms with Crippen molar-refractivity contribution in [2.24, 2.45) is 0 Å². The van der Waals surface area contributed by atoms with Gasteiger partial charge in [0.05, 0.1) is 7.11 Å². The van der Waals surface area contributed by atoms with Gasteiger partial charge >= 0.3 is 12.1 Å². The van der Waals surface area contributed by atoms with Gasteiger partial charge in [-0.25, -0.2) is 0 Å². The normalized spacial score (nSPS) is 19.6. The Balaban J connectivity index is 2.08. The van der Waals surface area contributed by atoms with E-state index in [-0.39, 0.29) is 19.0 Å². The van der Waals surface area contributed by atoms with Crippen LogP contribution in [0.3, 0.4) is 0 Å². The van der Waals surface area contributed by atoms with Gasteiger partial charge in [0.25, 0.3) is 0 Å². The van der Waals surface area contributed by atoms with E-state index in [1.807, 2.05) is 6.07 Å². The molecule has 1 fully saturated rings. The molecule has 1 heterocycles. The summed E-state index contributed by atoms with van der Waals surface area (Å²) in [6.45, 7) is 0.242. The largest absolute Gasteiger partial charge is 0.497 e. The van der Waals surface area contributed by atoms with Crippen LogP contribution in [0.4, 0.5) is 13.2 Å². The molecule has 2 rings (SSSR count). The van der Waals surface area contributed by atoms with E-state index in [1.165, 1.54) is 7.11 Å². The van der Waals surface area contributed by atoms with Crippen molar-refractivity contribution < 1.29 is 22.7 Å². The lowest BCUT2D eigenvalue weighted by molar-refractivity contribution is -0.184. The summed E-state index contributed by atoms with van der Waals surface area (Å²) in [5, 5.41) is 0. The standard InChI is InChI=1S/C13H14F3NO2/c1-19-11-4-2-3-9(7-11)10-5-6-17(8-10)12(18)13(14,15)16/h2-4,7,10H,5-6,8H2,1H3. The van der Waals surface area contributed by atoms with Crippen LogP contribution >= 0.6 is 0 Å². The van der Waals surface area contributed by atoms with Crippen LogP contribution in [0.5, 0.6) is 5.75 Å². The van der Waals surface area contributed by atoms with Crippen molar-refractivity contribution >= 4 is 5.91 Å². The van der Waals surface area contributed by atoms with Crippen molar-refractivity contribution in [3.8, 4) is 5.75 Å². The van der Waals surface area contributed by atoms with Gasteiger partial charge < -0.3 is 9.64 Å². The summed E-state index contributed by atoms with van der Waals surface area (Å²) in [4.78, 5) is 12.0. The summed E-state index contributed by atoms with van der Waals surface area (Å²) in [5.41, 5.74) is 0.900. The van der Waals surface area contributed by atoms with Gasteiger partial charge in [0.1, 0.15) is 5.75 Å². The number of carbonyl (C=O) groups excluding carboxylic acids is 1. The molecular formula is C13H14F3NO2. The third kappa shape index (κ3) is 3.00. The zero-order valence-corrected chi connectivity index (χ0v) is 10.4. The number of nitrogens with zero attached hydrogens (tertiary/aromatic N) is 1. The molecule has 3 nitrogen and oxygen atoms in total. The molecule has 1 atom stereocenters. The summed E-state index contributed by atoms with van der Waals surface area (Å²) >= 11 is 0. The average molecular weight is 273 g/mol. The van der Waals surface area contributed by atoms with Crippen molar-refractivity contribution in [1.82, 2.24) is 4.90 Å². The second-order valence-corrected chi connectivity index (χ2v) is 4.51. The van der Waals surface area contributed by atoms with Crippen LogP contribution in [0.1, 0.15) is 17.9 Å². The van der Waals surface area contributed by atoms with Crippen LogP contribution < -0.4 is 4.74 Å². The fourth-order valence-corrected chi connectivity index (χ4v) is 2.29. The summed E-state index contributed by atoms with van der Waals surface area (Å²) < 4.78 is 42.1. The van der Waals surface area contributed by atoms with Crippen molar-refractivity contribution in [3.05, 3.63) is 29.8 Å². The molecule has 0 aromatic heterocycles. The summed E-state index contributed by atoms with van der Waals surface area (Å²) in [7, 11) is 1.53. The lowest BCUT2D eigenvalue weighted by Crippen LogP contribution is -2.39. The number of hydrogen-bond donors (Lipinski definition) is 0. The molecule has 1 aromatic carbocycles. The third-order valence-corrected chi connectivity index (χ3v) is 3.28. The van der Waals surface area contributed by atoms with Crippen LogP contribution in [-0.4, -0.2) is 37.2 Å². The number of halogens is 3. The molecule has 0 bridgehead atoms. The Labute approximate surface area is 109 Å². The number of methoxy groups -OCH3 is 1. The number of rotatable bonds is 2. The van der Waals surface area contributed by atoms with Crippen molar-refractivity contribution in [3.63, 3.8) is 0 Å². The van der Waals surface area contributed by atoms with Gasteiger partial charge in [0, 0.05) is 19.0 Å². The number of carbonyl (C=O) groups is 1. The average Bonchev–Trinajstić information content (AvgIpc) is 2.86. The second-order valence-electron chi connectivity index (χ2n) is 4.51. The predicted molar refractivity (Wildman–Crippen MR) is 63.0 cm³/mol. The van der Waals surface area contributed by atoms with Gasteiger partial charge in [0.15, 0.2) is 0 Å². The Kier molecular flexibility index (Phi) is 3.68. The highest BCUT2D eigenvalue weighted by Crippen LogP contribution is 2.31. The van der Waals surface area contributed by atoms with E-state index in [4.69, 9.17) is 4.74 Å². The molecule has 1 unspecified atom stereocenters. The first kappa shape index (κ1) is 13.7. The summed E-state index contributed by atoms with van der Waals surface area (Å²) in [6.07, 6.45) is -4.25. The first-order valence-electron chi connectivity index (χ1n) is 5.92. The summed E-state index contributed by atoms with van der Waals surface area (Å²) in [5.74, 6) is -1.16. The van der Waals surface area contributed by atoms with Gasteiger partial charge in [-0.1, -0.05) is 12.1 Å². The number of likely N-dealkylation sites (tertiary alicyclic amines) is 1. The lowest BCUT2D eigenvalue weighted by Gasteiger charge is -2.18. The number of hydrogen-bond acceptors (Lipinski definition) is 2. The van der Waals surface area contributed by atoms with Crippen LogP contribution in [-0.2, 0) is 4.79 Å². The van der Waals surface area contributed by atoms with E-state index in [9.17, 15) is 18.0 Å². The lowest BCUT2D eigenvalue weighted by atomic mass is 9.98. The molecule has 1 saturated heterocycles. The van der Waals surface area contributed by atoms with E-state index >= 15 is 0 Å². The molecule has 1 amide bonds. The highest BCUT2D eigenvalue weighted by Gasteiger charge is 2.44. The molecule has 0 aliphatic carbocycles. The molecule has 0 N–H and O–H groups in total. The Bertz CT molecular complexity index is 473. The number of benzene rings is 1. The number of ether oxygens (including phenoxy) is 1. The first-order valence-corrected chi connectivity index (χ1v) is 5.92. The molecule has 6 heteroatoms. The molecule has 1 aliphatic rings. The van der Waals surface area contributed by atoms with Gasteiger partial charge in [-0.05, 0) is 24.1 Å². The molecule has 0 saturated carbocycles. The Morgan fingerprint density at radius 3 is 2.79 bits per heavy atom. The molecule has 0 radical (unpaired) electrons. The van der Waals surface area contributed by atoms with Crippen molar-refractivity contribution in [2.45, 2.75) is 18.5 Å². The third-order valence-electron chi connectivity index (χ3n) is 3.28.